The Labute approximate surface area is 455 Å². The number of hydrogen-bond acceptors (Lipinski definition) is 14. The van der Waals surface area contributed by atoms with Crippen LogP contribution in [0.25, 0.3) is 0 Å². The van der Waals surface area contributed by atoms with Crippen LogP contribution in [0.1, 0.15) is 219 Å². The number of carbonyl (C=O) groups excluding carboxylic acids is 4. The molecule has 76 heavy (non-hydrogen) atoms. The van der Waals surface area contributed by atoms with E-state index in [1.54, 1.807) is 36.4 Å². The fraction of sp³-hybridized carbons (Fsp3) is 0.645. The van der Waals surface area contributed by atoms with E-state index in [9.17, 15) is 19.2 Å². The maximum absolute atomic E-state index is 13.9. The first-order chi connectivity index (χ1) is 37.1. The summed E-state index contributed by atoms with van der Waals surface area (Å²) < 4.78 is 58.4. The highest BCUT2D eigenvalue weighted by Crippen LogP contribution is 2.33. The van der Waals surface area contributed by atoms with Crippen LogP contribution < -0.4 is 28.4 Å². The molecule has 0 spiro atoms. The predicted octanol–water partition coefficient (Wildman–Crippen LogP) is 15.1. The van der Waals surface area contributed by atoms with E-state index in [1.165, 1.54) is 110 Å². The summed E-state index contributed by atoms with van der Waals surface area (Å²) in [5, 5.41) is 0. The SMILES string of the molecule is CCCCCCCCCCCCCCCCCC(=O)OCC(COC(=O)c1ccc(OCCCCC)c(OC)c1)(COC(=O)c1ccc(OCCCCC)c(OC)c1)COC(=O)c1ccc(OCCCCC)c(OC)c1. The van der Waals surface area contributed by atoms with E-state index in [0.29, 0.717) is 60.7 Å². The smallest absolute Gasteiger partial charge is 0.338 e. The molecule has 0 saturated heterocycles. The lowest BCUT2D eigenvalue weighted by Gasteiger charge is -2.31. The molecule has 0 fully saturated rings. The molecule has 14 nitrogen and oxygen atoms in total. The Morgan fingerprint density at radius 1 is 0.342 bits per heavy atom. The van der Waals surface area contributed by atoms with Crippen molar-refractivity contribution in [3.63, 3.8) is 0 Å². The third-order valence-corrected chi connectivity index (χ3v) is 13.3. The lowest BCUT2D eigenvalue weighted by Crippen LogP contribution is -2.44. The first kappa shape index (κ1) is 64.6. The minimum atomic E-state index is -1.59. The standard InChI is InChI=1S/C62H94O14/c1-8-12-16-17-18-19-20-21-22-23-24-25-26-27-28-32-58(63)73-45-62(46-74-59(64)49-33-36-52(55(42-49)67-5)70-39-29-13-9-2,47-75-60(65)50-34-37-53(56(43-50)68-6)71-40-30-14-10-3)48-76-61(66)51-35-38-54(57(44-51)69-7)72-41-31-15-11-4/h33-38,42-44H,8-32,39-41,45-48H2,1-7H3. The third-order valence-electron chi connectivity index (χ3n) is 13.3. The molecule has 3 aromatic carbocycles. The molecular formula is C62H94O14. The minimum Gasteiger partial charge on any atom is -0.493 e. The van der Waals surface area contributed by atoms with Crippen molar-refractivity contribution in [3.05, 3.63) is 71.3 Å². The number of carbonyl (C=O) groups is 4. The molecule has 0 atom stereocenters. The van der Waals surface area contributed by atoms with Crippen molar-refractivity contribution in [1.29, 1.82) is 0 Å². The number of esters is 4. The first-order valence-electron chi connectivity index (χ1n) is 28.7. The molecule has 0 aliphatic rings. The Hall–Kier alpha value is -5.66. The average molecular weight is 1060 g/mol. The minimum absolute atomic E-state index is 0.152. The van der Waals surface area contributed by atoms with Gasteiger partial charge < -0.3 is 47.4 Å². The number of unbranched alkanes of at least 4 members (excludes halogenated alkanes) is 20. The summed E-state index contributed by atoms with van der Waals surface area (Å²) in [6.45, 7) is 8.15. The van der Waals surface area contributed by atoms with Gasteiger partial charge in [-0.3, -0.25) is 4.79 Å². The molecule has 3 rings (SSSR count). The van der Waals surface area contributed by atoms with Gasteiger partial charge in [-0.05, 0) is 80.3 Å². The first-order valence-corrected chi connectivity index (χ1v) is 28.7. The number of methoxy groups -OCH3 is 3. The summed E-state index contributed by atoms with van der Waals surface area (Å²) in [6, 6.07) is 14.2. The second-order valence-electron chi connectivity index (χ2n) is 19.9. The Bertz CT molecular complexity index is 1890. The molecule has 0 heterocycles. The Kier molecular flexibility index (Phi) is 33.7. The highest BCUT2D eigenvalue weighted by molar-refractivity contribution is 5.91. The van der Waals surface area contributed by atoms with Crippen molar-refractivity contribution in [2.45, 2.75) is 188 Å². The normalized spacial score (nSPS) is 11.1. The lowest BCUT2D eigenvalue weighted by atomic mass is 9.92. The molecule has 0 bridgehead atoms. The Balaban J connectivity index is 1.85. The summed E-state index contributed by atoms with van der Waals surface area (Å²) in [6.07, 6.45) is 26.8. The third kappa shape index (κ3) is 25.5. The van der Waals surface area contributed by atoms with Crippen LogP contribution in [-0.4, -0.2) is 91.5 Å². The lowest BCUT2D eigenvalue weighted by molar-refractivity contribution is -0.151. The van der Waals surface area contributed by atoms with Crippen molar-refractivity contribution in [2.24, 2.45) is 5.41 Å². The molecule has 14 heteroatoms. The summed E-state index contributed by atoms with van der Waals surface area (Å²) in [7, 11) is 4.45. The van der Waals surface area contributed by atoms with E-state index in [2.05, 4.69) is 27.7 Å². The predicted molar refractivity (Wildman–Crippen MR) is 298 cm³/mol. The van der Waals surface area contributed by atoms with Crippen LogP contribution in [0.15, 0.2) is 54.6 Å². The highest BCUT2D eigenvalue weighted by atomic mass is 16.6. The van der Waals surface area contributed by atoms with Crippen LogP contribution in [0.4, 0.5) is 0 Å². The van der Waals surface area contributed by atoms with Crippen molar-refractivity contribution < 1.29 is 66.5 Å². The van der Waals surface area contributed by atoms with Gasteiger partial charge in [0.05, 0.1) is 57.8 Å². The molecule has 0 radical (unpaired) electrons. The quantitative estimate of drug-likeness (QED) is 0.0299. The maximum Gasteiger partial charge on any atom is 0.338 e. The number of hydrogen-bond donors (Lipinski definition) is 0. The van der Waals surface area contributed by atoms with Gasteiger partial charge >= 0.3 is 23.9 Å². The van der Waals surface area contributed by atoms with Crippen LogP contribution in [-0.2, 0) is 23.7 Å². The van der Waals surface area contributed by atoms with E-state index in [-0.39, 0.29) is 23.1 Å². The second-order valence-corrected chi connectivity index (χ2v) is 19.9. The second kappa shape index (κ2) is 39.7. The molecule has 0 amide bonds. The van der Waals surface area contributed by atoms with Gasteiger partial charge in [0.2, 0.25) is 0 Å². The van der Waals surface area contributed by atoms with Crippen LogP contribution in [0.3, 0.4) is 0 Å². The molecule has 0 N–H and O–H groups in total. The average Bonchev–Trinajstić information content (AvgIpc) is 3.44. The van der Waals surface area contributed by atoms with Crippen molar-refractivity contribution >= 4 is 23.9 Å². The van der Waals surface area contributed by atoms with Gasteiger partial charge in [-0.15, -0.1) is 0 Å². The molecule has 0 aliphatic heterocycles. The van der Waals surface area contributed by atoms with Crippen LogP contribution in [0.2, 0.25) is 0 Å². The van der Waals surface area contributed by atoms with Gasteiger partial charge in [0.25, 0.3) is 0 Å². The van der Waals surface area contributed by atoms with Crippen molar-refractivity contribution in [2.75, 3.05) is 67.6 Å². The van der Waals surface area contributed by atoms with Gasteiger partial charge in [0, 0.05) is 6.42 Å². The molecule has 3 aromatic rings. The number of benzene rings is 3. The zero-order valence-corrected chi connectivity index (χ0v) is 47.5. The van der Waals surface area contributed by atoms with E-state index in [1.807, 2.05) is 0 Å². The number of rotatable bonds is 45. The molecule has 0 saturated carbocycles. The van der Waals surface area contributed by atoms with E-state index < -0.39 is 55.7 Å². The molecule has 0 aliphatic carbocycles. The summed E-state index contributed by atoms with van der Waals surface area (Å²) in [4.78, 5) is 55.3. The molecule has 0 aromatic heterocycles. The zero-order chi connectivity index (χ0) is 55.1. The van der Waals surface area contributed by atoms with Gasteiger partial charge in [0.1, 0.15) is 31.8 Å². The van der Waals surface area contributed by atoms with Crippen LogP contribution in [0.5, 0.6) is 34.5 Å². The van der Waals surface area contributed by atoms with Crippen LogP contribution in [0, 0.1) is 5.41 Å². The Morgan fingerprint density at radius 2 is 0.618 bits per heavy atom. The van der Waals surface area contributed by atoms with Crippen molar-refractivity contribution in [1.82, 2.24) is 0 Å². The number of ether oxygens (including phenoxy) is 10. The van der Waals surface area contributed by atoms with Gasteiger partial charge in [-0.2, -0.15) is 0 Å². The van der Waals surface area contributed by atoms with E-state index in [4.69, 9.17) is 47.4 Å². The largest absolute Gasteiger partial charge is 0.493 e. The zero-order valence-electron chi connectivity index (χ0n) is 47.5. The van der Waals surface area contributed by atoms with Gasteiger partial charge in [-0.25, -0.2) is 14.4 Å². The topological polar surface area (TPSA) is 161 Å². The maximum atomic E-state index is 13.9. The van der Waals surface area contributed by atoms with Gasteiger partial charge in [0.15, 0.2) is 34.5 Å². The molecule has 0 unspecified atom stereocenters. The fourth-order valence-electron chi connectivity index (χ4n) is 8.45. The summed E-state index contributed by atoms with van der Waals surface area (Å²) in [5.74, 6) is -0.281. The van der Waals surface area contributed by atoms with Gasteiger partial charge in [-0.1, -0.05) is 156 Å². The molecule has 426 valence electrons. The van der Waals surface area contributed by atoms with E-state index >= 15 is 0 Å². The monoisotopic (exact) mass is 1060 g/mol. The fourth-order valence-corrected chi connectivity index (χ4v) is 8.45. The molecular weight excluding hydrogens is 969 g/mol. The highest BCUT2D eigenvalue weighted by Gasteiger charge is 2.39. The summed E-state index contributed by atoms with van der Waals surface area (Å²) in [5.41, 5.74) is -1.13. The Morgan fingerprint density at radius 3 is 0.921 bits per heavy atom. The van der Waals surface area contributed by atoms with Crippen LogP contribution >= 0.6 is 0 Å². The van der Waals surface area contributed by atoms with Crippen molar-refractivity contribution in [3.8, 4) is 34.5 Å². The van der Waals surface area contributed by atoms with E-state index in [0.717, 1.165) is 77.0 Å². The summed E-state index contributed by atoms with van der Waals surface area (Å²) >= 11 is 0.